The van der Waals surface area contributed by atoms with Crippen LogP contribution in [0.2, 0.25) is 0 Å². The van der Waals surface area contributed by atoms with Crippen molar-refractivity contribution >= 4 is 13.7 Å². The molecule has 0 aromatic rings. The second-order valence-corrected chi connectivity index (χ2v) is 3.73. The van der Waals surface area contributed by atoms with Crippen LogP contribution in [-0.2, 0) is 4.79 Å². The van der Waals surface area contributed by atoms with Gasteiger partial charge in [0.25, 0.3) is 0 Å². The summed E-state index contributed by atoms with van der Waals surface area (Å²) in [5.74, 6) is 0. The zero-order chi connectivity index (χ0) is 8.15. The summed E-state index contributed by atoms with van der Waals surface area (Å²) in [7, 11) is -1.73. The summed E-state index contributed by atoms with van der Waals surface area (Å²) in [6.45, 7) is 0.850. The standard InChI is InChI=1S/C5H11O4P/c1-4(7)10(9)3-5(8)2-6/h5-6,8-9H,2-3H2,1H3. The van der Waals surface area contributed by atoms with Crippen LogP contribution in [0.4, 0.5) is 0 Å². The lowest BCUT2D eigenvalue weighted by atomic mass is 10.4. The van der Waals surface area contributed by atoms with E-state index in [9.17, 15) is 4.79 Å². The smallest absolute Gasteiger partial charge is 0.178 e. The molecule has 5 heteroatoms. The van der Waals surface area contributed by atoms with E-state index in [4.69, 9.17) is 15.1 Å². The highest BCUT2D eigenvalue weighted by Gasteiger charge is 2.14. The fourth-order valence-electron chi connectivity index (χ4n) is 0.386. The lowest BCUT2D eigenvalue weighted by molar-refractivity contribution is -0.110. The van der Waals surface area contributed by atoms with Gasteiger partial charge in [0.05, 0.1) is 20.9 Å². The topological polar surface area (TPSA) is 77.8 Å². The summed E-state index contributed by atoms with van der Waals surface area (Å²) in [4.78, 5) is 19.3. The van der Waals surface area contributed by atoms with Gasteiger partial charge >= 0.3 is 0 Å². The van der Waals surface area contributed by atoms with Crippen molar-refractivity contribution in [1.29, 1.82) is 0 Å². The fraction of sp³-hybridized carbons (Fsp3) is 0.800. The summed E-state index contributed by atoms with van der Waals surface area (Å²) in [6, 6.07) is 0. The van der Waals surface area contributed by atoms with Gasteiger partial charge in [0.15, 0.2) is 5.52 Å². The Labute approximate surface area is 60.3 Å². The minimum atomic E-state index is -1.73. The van der Waals surface area contributed by atoms with Crippen molar-refractivity contribution in [2.75, 3.05) is 12.8 Å². The van der Waals surface area contributed by atoms with Crippen molar-refractivity contribution in [2.24, 2.45) is 0 Å². The van der Waals surface area contributed by atoms with Crippen molar-refractivity contribution in [3.8, 4) is 0 Å². The second kappa shape index (κ2) is 4.74. The van der Waals surface area contributed by atoms with Crippen LogP contribution in [0.15, 0.2) is 0 Å². The molecule has 0 rings (SSSR count). The monoisotopic (exact) mass is 166 g/mol. The van der Waals surface area contributed by atoms with E-state index in [-0.39, 0.29) is 11.7 Å². The zero-order valence-corrected chi connectivity index (χ0v) is 6.58. The highest BCUT2D eigenvalue weighted by molar-refractivity contribution is 7.69. The van der Waals surface area contributed by atoms with Crippen molar-refractivity contribution in [3.63, 3.8) is 0 Å². The molecule has 0 heterocycles. The number of aliphatic hydroxyl groups is 2. The Morgan fingerprint density at radius 2 is 2.20 bits per heavy atom. The van der Waals surface area contributed by atoms with Crippen LogP contribution in [0.5, 0.6) is 0 Å². The van der Waals surface area contributed by atoms with Crippen LogP contribution in [0.3, 0.4) is 0 Å². The molecule has 60 valence electrons. The molecular weight excluding hydrogens is 155 g/mol. The largest absolute Gasteiger partial charge is 0.394 e. The molecule has 0 bridgehead atoms. The lowest BCUT2D eigenvalue weighted by Crippen LogP contribution is -2.17. The highest BCUT2D eigenvalue weighted by Crippen LogP contribution is 2.30. The third-order valence-electron chi connectivity index (χ3n) is 0.958. The van der Waals surface area contributed by atoms with Gasteiger partial charge in [0.2, 0.25) is 0 Å². The first kappa shape index (κ1) is 9.98. The minimum absolute atomic E-state index is 0.0266. The van der Waals surface area contributed by atoms with Gasteiger partial charge in [0.1, 0.15) is 0 Å². The van der Waals surface area contributed by atoms with E-state index in [0.29, 0.717) is 0 Å². The summed E-state index contributed by atoms with van der Waals surface area (Å²) < 4.78 is 0. The van der Waals surface area contributed by atoms with Gasteiger partial charge in [-0.05, 0) is 0 Å². The molecule has 0 amide bonds. The number of aliphatic hydroxyl groups excluding tert-OH is 2. The maximum atomic E-state index is 10.4. The summed E-state index contributed by atoms with van der Waals surface area (Å²) in [6.07, 6.45) is -0.999. The van der Waals surface area contributed by atoms with Gasteiger partial charge in [-0.25, -0.2) is 0 Å². The molecule has 0 fully saturated rings. The summed E-state index contributed by atoms with van der Waals surface area (Å²) >= 11 is 0. The molecule has 0 aliphatic carbocycles. The predicted octanol–water partition coefficient (Wildman–Crippen LogP) is -0.725. The van der Waals surface area contributed by atoms with E-state index >= 15 is 0 Å². The fourth-order valence-corrected chi connectivity index (χ4v) is 1.16. The number of hydrogen-bond donors (Lipinski definition) is 3. The molecule has 3 N–H and O–H groups in total. The number of rotatable bonds is 4. The van der Waals surface area contributed by atoms with Crippen LogP contribution < -0.4 is 0 Å². The average molecular weight is 166 g/mol. The van der Waals surface area contributed by atoms with Gasteiger partial charge in [-0.3, -0.25) is 4.79 Å². The minimum Gasteiger partial charge on any atom is -0.394 e. The third-order valence-corrected chi connectivity index (χ3v) is 2.45. The molecule has 0 aliphatic rings. The second-order valence-electron chi connectivity index (χ2n) is 1.94. The third kappa shape index (κ3) is 3.90. The Hall–Kier alpha value is -0.0200. The summed E-state index contributed by atoms with van der Waals surface area (Å²) in [5.41, 5.74) is -0.331. The van der Waals surface area contributed by atoms with E-state index in [1.165, 1.54) is 6.92 Å². The molecule has 4 nitrogen and oxygen atoms in total. The Morgan fingerprint density at radius 1 is 1.70 bits per heavy atom. The van der Waals surface area contributed by atoms with Crippen molar-refractivity contribution in [2.45, 2.75) is 13.0 Å². The molecule has 0 aliphatic heterocycles. The van der Waals surface area contributed by atoms with Gasteiger partial charge in [0, 0.05) is 13.1 Å². The quantitative estimate of drug-likeness (QED) is 0.481. The van der Waals surface area contributed by atoms with Crippen LogP contribution in [-0.4, -0.2) is 39.5 Å². The Morgan fingerprint density at radius 3 is 2.50 bits per heavy atom. The van der Waals surface area contributed by atoms with Crippen LogP contribution in [0.1, 0.15) is 6.92 Å². The lowest BCUT2D eigenvalue weighted by Gasteiger charge is -2.09. The molecular formula is C5H11O4P. The molecule has 2 unspecified atom stereocenters. The first-order valence-corrected chi connectivity index (χ1v) is 4.31. The van der Waals surface area contributed by atoms with Crippen LogP contribution in [0, 0.1) is 0 Å². The molecule has 0 saturated carbocycles. The van der Waals surface area contributed by atoms with Gasteiger partial charge in [-0.15, -0.1) is 0 Å². The molecule has 0 saturated heterocycles. The Kier molecular flexibility index (Phi) is 4.73. The highest BCUT2D eigenvalue weighted by atomic mass is 31.1. The van der Waals surface area contributed by atoms with E-state index in [1.807, 2.05) is 0 Å². The van der Waals surface area contributed by atoms with Crippen molar-refractivity contribution in [3.05, 3.63) is 0 Å². The van der Waals surface area contributed by atoms with Gasteiger partial charge in [-0.1, -0.05) is 0 Å². The first-order chi connectivity index (χ1) is 4.57. The van der Waals surface area contributed by atoms with E-state index < -0.39 is 20.9 Å². The zero-order valence-electron chi connectivity index (χ0n) is 5.69. The summed E-state index contributed by atoms with van der Waals surface area (Å²) in [5, 5.41) is 17.0. The molecule has 2 atom stereocenters. The van der Waals surface area contributed by atoms with Gasteiger partial charge < -0.3 is 15.1 Å². The normalized spacial score (nSPS) is 16.4. The first-order valence-electron chi connectivity index (χ1n) is 2.83. The van der Waals surface area contributed by atoms with Crippen LogP contribution in [0.25, 0.3) is 0 Å². The maximum absolute atomic E-state index is 10.4. The van der Waals surface area contributed by atoms with Crippen LogP contribution >= 0.6 is 8.15 Å². The SMILES string of the molecule is CC(=O)P(O)CC(O)CO. The molecule has 0 aromatic heterocycles. The van der Waals surface area contributed by atoms with E-state index in [1.54, 1.807) is 0 Å². The Balaban J connectivity index is 3.56. The van der Waals surface area contributed by atoms with E-state index in [0.717, 1.165) is 0 Å². The molecule has 0 spiro atoms. The predicted molar refractivity (Wildman–Crippen MR) is 37.8 cm³/mol. The maximum Gasteiger partial charge on any atom is 0.178 e. The van der Waals surface area contributed by atoms with E-state index in [2.05, 4.69) is 0 Å². The van der Waals surface area contributed by atoms with Crippen molar-refractivity contribution < 1.29 is 19.9 Å². The Bertz CT molecular complexity index is 116. The van der Waals surface area contributed by atoms with Crippen molar-refractivity contribution in [1.82, 2.24) is 0 Å². The van der Waals surface area contributed by atoms with Gasteiger partial charge in [-0.2, -0.15) is 0 Å². The molecule has 10 heavy (non-hydrogen) atoms. The number of carbonyl (C=O) groups is 1. The molecule has 0 aromatic carbocycles. The number of hydrogen-bond acceptors (Lipinski definition) is 4. The average Bonchev–Trinajstić information content (AvgIpc) is 1.87. The molecule has 0 radical (unpaired) electrons. The number of carbonyl (C=O) groups excluding carboxylic acids is 1.